The summed E-state index contributed by atoms with van der Waals surface area (Å²) < 4.78 is 17.7. The minimum atomic E-state index is -1.82. The standard InChI is InChI=1S/C40H33BClFN4O7S/c1-18-25-15-21(42)8-12-31(25)55-35(18)29-17-32(45(3)44-29)47-37(50)27-16-26-23(34(40(27,2)39(47)52)19-7-11-30(48)28(43)13-19)9-10-24-33(26)38(51)46(36(24)49)22-6-4-5-20(14-22)41(53)54/h4-9,11-15,17,24,26-27,33-34,48,53-54H,10,16H2,1-3H3/t24-,26+,27-,33-,34-,40+/m0/s1. The Morgan fingerprint density at radius 1 is 0.964 bits per heavy atom. The second-order valence-corrected chi connectivity index (χ2v) is 16.5. The maximum Gasteiger partial charge on any atom is 0.488 e. The highest BCUT2D eigenvalue weighted by Gasteiger charge is 2.68. The molecule has 2 aliphatic carbocycles. The lowest BCUT2D eigenvalue weighted by Crippen LogP contribution is -2.49. The van der Waals surface area contributed by atoms with Crippen LogP contribution >= 0.6 is 22.9 Å². The number of carbonyl (C=O) groups excluding carboxylic acids is 4. The molecule has 0 unspecified atom stereocenters. The van der Waals surface area contributed by atoms with E-state index < -0.39 is 77.3 Å². The van der Waals surface area contributed by atoms with Crippen LogP contribution in [0.15, 0.2) is 78.4 Å². The van der Waals surface area contributed by atoms with Crippen LogP contribution in [0.1, 0.15) is 36.8 Å². The predicted octanol–water partition coefficient (Wildman–Crippen LogP) is 5.22. The van der Waals surface area contributed by atoms with E-state index in [0.29, 0.717) is 21.9 Å². The Kier molecular flexibility index (Phi) is 8.04. The lowest BCUT2D eigenvalue weighted by atomic mass is 9.51. The summed E-state index contributed by atoms with van der Waals surface area (Å²) in [6, 6.07) is 17.2. The van der Waals surface area contributed by atoms with Crippen molar-refractivity contribution in [1.29, 1.82) is 0 Å². The zero-order valence-electron chi connectivity index (χ0n) is 29.7. The summed E-state index contributed by atoms with van der Waals surface area (Å²) in [6.07, 6.45) is 2.09. The van der Waals surface area contributed by atoms with E-state index in [1.54, 1.807) is 26.1 Å². The zero-order chi connectivity index (χ0) is 38.8. The second kappa shape index (κ2) is 12.4. The average molecular weight is 779 g/mol. The van der Waals surface area contributed by atoms with Crippen LogP contribution in [0, 0.1) is 41.8 Å². The summed E-state index contributed by atoms with van der Waals surface area (Å²) in [5.74, 6) is -7.37. The Morgan fingerprint density at radius 3 is 2.49 bits per heavy atom. The highest BCUT2D eigenvalue weighted by Crippen LogP contribution is 2.64. The molecular weight excluding hydrogens is 746 g/mol. The molecule has 2 aromatic heterocycles. The molecule has 4 aliphatic rings. The van der Waals surface area contributed by atoms with Gasteiger partial charge in [-0.1, -0.05) is 41.4 Å². The molecule has 1 saturated carbocycles. The van der Waals surface area contributed by atoms with Crippen molar-refractivity contribution >= 4 is 80.7 Å². The van der Waals surface area contributed by atoms with Gasteiger partial charge in [-0.25, -0.2) is 9.29 Å². The number of aromatic hydroxyl groups is 1. The number of rotatable bonds is 5. The van der Waals surface area contributed by atoms with E-state index >= 15 is 9.18 Å². The van der Waals surface area contributed by atoms with Gasteiger partial charge >= 0.3 is 7.12 Å². The quantitative estimate of drug-likeness (QED) is 0.125. The summed E-state index contributed by atoms with van der Waals surface area (Å²) in [4.78, 5) is 61.3. The van der Waals surface area contributed by atoms with Crippen molar-refractivity contribution < 1.29 is 38.7 Å². The smallest absolute Gasteiger partial charge is 0.488 e. The Bertz CT molecular complexity index is 2570. The first-order valence-electron chi connectivity index (χ1n) is 17.8. The number of phenolic OH excluding ortho intramolecular Hbond substituents is 1. The van der Waals surface area contributed by atoms with Crippen LogP contribution in [0.25, 0.3) is 20.7 Å². The lowest BCUT2D eigenvalue weighted by molar-refractivity contribution is -0.131. The van der Waals surface area contributed by atoms with Gasteiger partial charge in [0.15, 0.2) is 11.6 Å². The number of imide groups is 2. The fraction of sp³-hybridized carbons (Fsp3) is 0.275. The average Bonchev–Trinajstić information content (AvgIpc) is 3.83. The summed E-state index contributed by atoms with van der Waals surface area (Å²) in [5.41, 5.74) is 1.38. The van der Waals surface area contributed by atoms with E-state index in [1.807, 2.05) is 31.2 Å². The van der Waals surface area contributed by atoms with Crippen LogP contribution < -0.4 is 15.3 Å². The third kappa shape index (κ3) is 5.04. The predicted molar refractivity (Wildman–Crippen MR) is 205 cm³/mol. The van der Waals surface area contributed by atoms with Gasteiger partial charge in [-0.15, -0.1) is 11.3 Å². The van der Waals surface area contributed by atoms with E-state index in [-0.39, 0.29) is 29.8 Å². The highest BCUT2D eigenvalue weighted by molar-refractivity contribution is 7.22. The number of halogens is 2. The van der Waals surface area contributed by atoms with Gasteiger partial charge in [-0.3, -0.25) is 28.8 Å². The molecule has 4 heterocycles. The van der Waals surface area contributed by atoms with Crippen molar-refractivity contribution in [3.05, 3.63) is 100 Å². The zero-order valence-corrected chi connectivity index (χ0v) is 31.3. The molecule has 0 bridgehead atoms. The maximum atomic E-state index is 15.2. The molecule has 278 valence electrons. The Balaban J connectivity index is 1.14. The summed E-state index contributed by atoms with van der Waals surface area (Å²) in [6.45, 7) is 3.67. The van der Waals surface area contributed by atoms with Crippen LogP contribution in [-0.4, -0.2) is 55.7 Å². The molecule has 2 saturated heterocycles. The number of aromatic nitrogens is 2. The van der Waals surface area contributed by atoms with Crippen LogP contribution in [-0.2, 0) is 26.2 Å². The van der Waals surface area contributed by atoms with Crippen molar-refractivity contribution in [3.63, 3.8) is 0 Å². The number of nitrogens with zero attached hydrogens (tertiary/aromatic N) is 4. The molecule has 0 radical (unpaired) electrons. The van der Waals surface area contributed by atoms with Gasteiger partial charge in [0.1, 0.15) is 11.5 Å². The molecule has 3 N–H and O–H groups in total. The van der Waals surface area contributed by atoms with Gasteiger partial charge in [0.2, 0.25) is 23.6 Å². The van der Waals surface area contributed by atoms with Gasteiger partial charge in [-0.2, -0.15) is 5.10 Å². The molecule has 0 spiro atoms. The number of thiophene rings is 1. The topological polar surface area (TPSA) is 153 Å². The lowest BCUT2D eigenvalue weighted by Gasteiger charge is -2.49. The third-order valence-corrected chi connectivity index (χ3v) is 13.8. The molecule has 55 heavy (non-hydrogen) atoms. The van der Waals surface area contributed by atoms with Crippen molar-refractivity contribution in [2.45, 2.75) is 32.6 Å². The second-order valence-electron chi connectivity index (χ2n) is 15.1. The van der Waals surface area contributed by atoms with Crippen LogP contribution in [0.5, 0.6) is 5.75 Å². The van der Waals surface area contributed by atoms with Crippen LogP contribution in [0.4, 0.5) is 15.9 Å². The van der Waals surface area contributed by atoms with Gasteiger partial charge in [-0.05, 0) is 97.0 Å². The Labute approximate surface area is 323 Å². The largest absolute Gasteiger partial charge is 0.505 e. The number of allylic oxidation sites excluding steroid dienone is 2. The Morgan fingerprint density at radius 2 is 1.75 bits per heavy atom. The minimum Gasteiger partial charge on any atom is -0.505 e. The first-order valence-corrected chi connectivity index (χ1v) is 19.0. The summed E-state index contributed by atoms with van der Waals surface area (Å²) in [5, 5.41) is 36.0. The van der Waals surface area contributed by atoms with Crippen LogP contribution in [0.2, 0.25) is 5.02 Å². The first-order chi connectivity index (χ1) is 26.2. The SMILES string of the molecule is Cc1c(-c2cc(N3C(=O)[C@@H]4C[C@@H]5C(=CC[C@@H]6C(=O)N(c7cccc(B(O)O)c7)C(=O)[C@@H]65)[C@H](c5ccc(O)c(F)c5)[C@]4(C)C3=O)n(C)n2)sc2ccc(Cl)cc12. The van der Waals surface area contributed by atoms with E-state index in [1.165, 1.54) is 46.4 Å². The molecule has 3 aromatic carbocycles. The molecule has 11 nitrogen and oxygen atoms in total. The van der Waals surface area contributed by atoms with Gasteiger partial charge < -0.3 is 15.2 Å². The Hall–Kier alpha value is -5.15. The molecule has 3 fully saturated rings. The normalized spacial score (nSPS) is 26.1. The number of phenols is 1. The van der Waals surface area contributed by atoms with Crippen molar-refractivity contribution in [3.8, 4) is 16.3 Å². The van der Waals surface area contributed by atoms with E-state index in [9.17, 15) is 29.5 Å². The molecule has 4 amide bonds. The summed E-state index contributed by atoms with van der Waals surface area (Å²) in [7, 11) is -0.159. The summed E-state index contributed by atoms with van der Waals surface area (Å²) >= 11 is 7.81. The van der Waals surface area contributed by atoms with Crippen molar-refractivity contribution in [2.24, 2.45) is 36.1 Å². The van der Waals surface area contributed by atoms with Crippen LogP contribution in [0.3, 0.4) is 0 Å². The number of amides is 4. The maximum absolute atomic E-state index is 15.2. The molecule has 2 aliphatic heterocycles. The van der Waals surface area contributed by atoms with Crippen molar-refractivity contribution in [1.82, 2.24) is 9.78 Å². The number of carbonyl (C=O) groups is 4. The molecule has 9 rings (SSSR count). The number of hydrogen-bond donors (Lipinski definition) is 3. The number of aryl methyl sites for hydroxylation is 2. The molecule has 6 atom stereocenters. The number of hydrogen-bond acceptors (Lipinski definition) is 9. The highest BCUT2D eigenvalue weighted by atomic mass is 35.5. The first kappa shape index (κ1) is 35.6. The fourth-order valence-electron chi connectivity index (χ4n) is 9.61. The van der Waals surface area contributed by atoms with Crippen molar-refractivity contribution in [2.75, 3.05) is 9.80 Å². The van der Waals surface area contributed by atoms with Gasteiger partial charge in [0.05, 0.1) is 33.7 Å². The van der Waals surface area contributed by atoms with E-state index in [0.717, 1.165) is 36.4 Å². The number of fused-ring (bicyclic) bond motifs is 5. The minimum absolute atomic E-state index is 0.0742. The van der Waals surface area contributed by atoms with Gasteiger partial charge in [0.25, 0.3) is 0 Å². The van der Waals surface area contributed by atoms with E-state index in [4.69, 9.17) is 16.7 Å². The number of anilines is 2. The monoisotopic (exact) mass is 778 g/mol. The molecular formula is C40H33BClFN4O7S. The van der Waals surface area contributed by atoms with Gasteiger partial charge in [0, 0.05) is 28.8 Å². The number of benzene rings is 3. The third-order valence-electron chi connectivity index (χ3n) is 12.2. The molecule has 5 aromatic rings. The molecule has 15 heteroatoms. The van der Waals surface area contributed by atoms with E-state index in [2.05, 4.69) is 0 Å². The fourth-order valence-corrected chi connectivity index (χ4v) is 10.9.